The Kier molecular flexibility index (Phi) is 5.99. The molecule has 1 aromatic heterocycles. The number of esters is 1. The highest BCUT2D eigenvalue weighted by Crippen LogP contribution is 2.41. The van der Waals surface area contributed by atoms with Crippen molar-refractivity contribution < 1.29 is 23.5 Å². The number of para-hydroxylation sites is 2. The van der Waals surface area contributed by atoms with Crippen molar-refractivity contribution in [2.24, 2.45) is 5.92 Å². The standard InChI is InChI=1S/C23H24FN3O4/c1-3-31-22(29)19-20(15-9-11-16(24)12-10-15)27-18-8-5-4-7-17(18)25-23(27)26(21(19)28)13-6-14-30-2/h4-5,7-12,19-20H,3,6,13-14H2,1-2H3/t19-,20+/m1/s1. The number of halogens is 1. The second-order valence-corrected chi connectivity index (χ2v) is 7.33. The molecule has 2 aromatic carbocycles. The quantitative estimate of drug-likeness (QED) is 0.330. The molecule has 0 saturated carbocycles. The summed E-state index contributed by atoms with van der Waals surface area (Å²) >= 11 is 0. The van der Waals surface area contributed by atoms with Crippen LogP contribution in [0.15, 0.2) is 48.5 Å². The molecule has 162 valence electrons. The number of ether oxygens (including phenoxy) is 2. The molecule has 0 saturated heterocycles. The predicted octanol–water partition coefficient (Wildman–Crippen LogP) is 3.33. The molecule has 1 aliphatic heterocycles. The van der Waals surface area contributed by atoms with Crippen LogP contribution in [0.5, 0.6) is 0 Å². The average Bonchev–Trinajstić information content (AvgIpc) is 3.15. The van der Waals surface area contributed by atoms with Gasteiger partial charge in [0.25, 0.3) is 0 Å². The maximum Gasteiger partial charge on any atom is 0.321 e. The van der Waals surface area contributed by atoms with Gasteiger partial charge in [-0.15, -0.1) is 0 Å². The molecule has 31 heavy (non-hydrogen) atoms. The maximum absolute atomic E-state index is 13.6. The van der Waals surface area contributed by atoms with Crippen molar-refractivity contribution in [2.75, 3.05) is 31.8 Å². The van der Waals surface area contributed by atoms with E-state index in [-0.39, 0.29) is 12.5 Å². The number of anilines is 1. The molecule has 2 heterocycles. The third kappa shape index (κ3) is 3.79. The zero-order valence-electron chi connectivity index (χ0n) is 17.5. The molecule has 0 unspecified atom stereocenters. The first-order chi connectivity index (χ1) is 15.1. The number of fused-ring (bicyclic) bond motifs is 3. The zero-order chi connectivity index (χ0) is 22.0. The number of methoxy groups -OCH3 is 1. The summed E-state index contributed by atoms with van der Waals surface area (Å²) in [5.74, 6) is -2.04. The van der Waals surface area contributed by atoms with Crippen molar-refractivity contribution >= 4 is 28.9 Å². The fraction of sp³-hybridized carbons (Fsp3) is 0.348. The van der Waals surface area contributed by atoms with E-state index in [2.05, 4.69) is 0 Å². The van der Waals surface area contributed by atoms with Gasteiger partial charge in [0.05, 0.1) is 23.7 Å². The minimum atomic E-state index is -1.11. The Labute approximate surface area is 179 Å². The van der Waals surface area contributed by atoms with Crippen LogP contribution >= 0.6 is 0 Å². The monoisotopic (exact) mass is 425 g/mol. The van der Waals surface area contributed by atoms with Gasteiger partial charge in [-0.05, 0) is 43.2 Å². The fourth-order valence-electron chi connectivity index (χ4n) is 4.09. The molecule has 0 fully saturated rings. The first kappa shape index (κ1) is 21.0. The van der Waals surface area contributed by atoms with E-state index in [0.29, 0.717) is 36.6 Å². The second kappa shape index (κ2) is 8.85. The highest BCUT2D eigenvalue weighted by molar-refractivity contribution is 6.08. The summed E-state index contributed by atoms with van der Waals surface area (Å²) in [5.41, 5.74) is 2.12. The summed E-state index contributed by atoms with van der Waals surface area (Å²) in [6, 6.07) is 12.6. The molecule has 8 heteroatoms. The Morgan fingerprint density at radius 3 is 2.61 bits per heavy atom. The van der Waals surface area contributed by atoms with Gasteiger partial charge < -0.3 is 14.0 Å². The second-order valence-electron chi connectivity index (χ2n) is 7.33. The lowest BCUT2D eigenvalue weighted by molar-refractivity contribution is -0.153. The molecule has 1 amide bonds. The molecule has 0 spiro atoms. The molecule has 0 bridgehead atoms. The van der Waals surface area contributed by atoms with E-state index in [9.17, 15) is 14.0 Å². The SMILES string of the molecule is CCOC(=O)[C@H]1C(=O)N(CCCOC)c2nc3ccccc3n2[C@H]1c1ccc(F)cc1. The van der Waals surface area contributed by atoms with Gasteiger partial charge >= 0.3 is 5.97 Å². The Bertz CT molecular complexity index is 1100. The normalized spacial score (nSPS) is 18.3. The van der Waals surface area contributed by atoms with Crippen LogP contribution in [-0.4, -0.2) is 48.3 Å². The molecule has 0 radical (unpaired) electrons. The number of rotatable bonds is 7. The number of carbonyl (C=O) groups excluding carboxylic acids is 2. The minimum absolute atomic E-state index is 0.153. The van der Waals surface area contributed by atoms with E-state index < -0.39 is 23.7 Å². The van der Waals surface area contributed by atoms with Crippen LogP contribution in [0, 0.1) is 11.7 Å². The van der Waals surface area contributed by atoms with Crippen molar-refractivity contribution in [1.29, 1.82) is 0 Å². The summed E-state index contributed by atoms with van der Waals surface area (Å²) in [4.78, 5) is 32.8. The summed E-state index contributed by atoms with van der Waals surface area (Å²) < 4.78 is 25.9. The predicted molar refractivity (Wildman–Crippen MR) is 113 cm³/mol. The number of hydrogen-bond acceptors (Lipinski definition) is 5. The van der Waals surface area contributed by atoms with Crippen LogP contribution in [0.25, 0.3) is 11.0 Å². The molecular formula is C23H24FN3O4. The largest absolute Gasteiger partial charge is 0.465 e. The number of aromatic nitrogens is 2. The Balaban J connectivity index is 1.93. The number of amides is 1. The van der Waals surface area contributed by atoms with E-state index in [1.807, 2.05) is 28.8 Å². The number of nitrogens with zero attached hydrogens (tertiary/aromatic N) is 3. The molecular weight excluding hydrogens is 401 g/mol. The van der Waals surface area contributed by atoms with E-state index in [1.165, 1.54) is 17.0 Å². The molecule has 2 atom stereocenters. The van der Waals surface area contributed by atoms with Crippen molar-refractivity contribution in [2.45, 2.75) is 19.4 Å². The molecule has 1 aliphatic rings. The average molecular weight is 425 g/mol. The van der Waals surface area contributed by atoms with Crippen LogP contribution in [0.2, 0.25) is 0 Å². The zero-order valence-corrected chi connectivity index (χ0v) is 17.5. The fourth-order valence-corrected chi connectivity index (χ4v) is 4.09. The lowest BCUT2D eigenvalue weighted by atomic mass is 9.89. The maximum atomic E-state index is 13.6. The Morgan fingerprint density at radius 2 is 1.90 bits per heavy atom. The molecule has 4 rings (SSSR count). The minimum Gasteiger partial charge on any atom is -0.465 e. The van der Waals surface area contributed by atoms with Crippen molar-refractivity contribution in [1.82, 2.24) is 9.55 Å². The lowest BCUT2D eigenvalue weighted by Crippen LogP contribution is -2.50. The molecule has 0 N–H and O–H groups in total. The van der Waals surface area contributed by atoms with Gasteiger partial charge in [-0.3, -0.25) is 14.5 Å². The third-order valence-electron chi connectivity index (χ3n) is 5.43. The summed E-state index contributed by atoms with van der Waals surface area (Å²) in [6.07, 6.45) is 0.586. The van der Waals surface area contributed by atoms with Crippen LogP contribution in [0.4, 0.5) is 10.3 Å². The van der Waals surface area contributed by atoms with Gasteiger partial charge in [0, 0.05) is 20.3 Å². The van der Waals surface area contributed by atoms with E-state index >= 15 is 0 Å². The number of carbonyl (C=O) groups is 2. The number of hydrogen-bond donors (Lipinski definition) is 0. The Morgan fingerprint density at radius 1 is 1.16 bits per heavy atom. The summed E-state index contributed by atoms with van der Waals surface area (Å²) in [6.45, 7) is 2.67. The van der Waals surface area contributed by atoms with Gasteiger partial charge in [0.15, 0.2) is 5.92 Å². The van der Waals surface area contributed by atoms with Crippen LogP contribution in [0.3, 0.4) is 0 Å². The van der Waals surface area contributed by atoms with Crippen molar-refractivity contribution in [3.8, 4) is 0 Å². The highest BCUT2D eigenvalue weighted by Gasteiger charge is 2.47. The van der Waals surface area contributed by atoms with Crippen LogP contribution < -0.4 is 4.90 Å². The first-order valence-electron chi connectivity index (χ1n) is 10.3. The van der Waals surface area contributed by atoms with Crippen molar-refractivity contribution in [3.05, 3.63) is 59.9 Å². The smallest absolute Gasteiger partial charge is 0.321 e. The first-order valence-corrected chi connectivity index (χ1v) is 10.3. The van der Waals surface area contributed by atoms with E-state index in [0.717, 1.165) is 5.52 Å². The third-order valence-corrected chi connectivity index (χ3v) is 5.43. The summed E-state index contributed by atoms with van der Waals surface area (Å²) in [7, 11) is 1.60. The van der Waals surface area contributed by atoms with Gasteiger partial charge in [-0.1, -0.05) is 24.3 Å². The van der Waals surface area contributed by atoms with Gasteiger partial charge in [-0.25, -0.2) is 9.37 Å². The number of imidazole rings is 1. The van der Waals surface area contributed by atoms with E-state index in [4.69, 9.17) is 14.5 Å². The van der Waals surface area contributed by atoms with Gasteiger partial charge in [-0.2, -0.15) is 0 Å². The van der Waals surface area contributed by atoms with Crippen LogP contribution in [-0.2, 0) is 19.1 Å². The van der Waals surface area contributed by atoms with Gasteiger partial charge in [0.1, 0.15) is 5.82 Å². The Hall–Kier alpha value is -3.26. The van der Waals surface area contributed by atoms with Crippen LogP contribution in [0.1, 0.15) is 24.9 Å². The molecule has 3 aromatic rings. The molecule has 7 nitrogen and oxygen atoms in total. The van der Waals surface area contributed by atoms with Crippen molar-refractivity contribution in [3.63, 3.8) is 0 Å². The van der Waals surface area contributed by atoms with E-state index in [1.54, 1.807) is 26.2 Å². The number of benzene rings is 2. The molecule has 0 aliphatic carbocycles. The lowest BCUT2D eigenvalue weighted by Gasteiger charge is -2.38. The topological polar surface area (TPSA) is 73.7 Å². The van der Waals surface area contributed by atoms with Gasteiger partial charge in [0.2, 0.25) is 11.9 Å². The summed E-state index contributed by atoms with van der Waals surface area (Å²) in [5, 5.41) is 0. The highest BCUT2D eigenvalue weighted by atomic mass is 19.1.